The summed E-state index contributed by atoms with van der Waals surface area (Å²) in [6.07, 6.45) is 4.18. The van der Waals surface area contributed by atoms with Crippen LogP contribution < -0.4 is 15.6 Å². The summed E-state index contributed by atoms with van der Waals surface area (Å²) in [6.45, 7) is 2.44. The monoisotopic (exact) mass is 437 g/mol. The molecular weight excluding hydrogens is 417 g/mol. The van der Waals surface area contributed by atoms with Crippen LogP contribution in [0.5, 0.6) is 5.75 Å². The number of nitrogens with one attached hydrogen (secondary N) is 1. The molecule has 0 aliphatic carbocycles. The number of fused-ring (bicyclic) bond motifs is 2. The van der Waals surface area contributed by atoms with Crippen molar-refractivity contribution in [3.05, 3.63) is 69.9 Å². The van der Waals surface area contributed by atoms with Gasteiger partial charge in [-0.25, -0.2) is 19.3 Å². The maximum Gasteiger partial charge on any atom is 0.255 e. The zero-order valence-electron chi connectivity index (χ0n) is 17.3. The number of amides is 1. The molecule has 0 spiro atoms. The van der Waals surface area contributed by atoms with E-state index in [9.17, 15) is 14.0 Å². The van der Waals surface area contributed by atoms with E-state index in [1.165, 1.54) is 18.5 Å². The molecule has 9 nitrogen and oxygen atoms in total. The number of halogens is 1. The van der Waals surface area contributed by atoms with Crippen LogP contribution in [0.4, 0.5) is 4.39 Å². The van der Waals surface area contributed by atoms with E-state index in [1.807, 2.05) is 6.92 Å². The average molecular weight is 437 g/mol. The molecule has 2 aliphatic heterocycles. The van der Waals surface area contributed by atoms with Gasteiger partial charge in [0.1, 0.15) is 23.7 Å². The summed E-state index contributed by atoms with van der Waals surface area (Å²) >= 11 is 0. The van der Waals surface area contributed by atoms with Crippen LogP contribution >= 0.6 is 0 Å². The number of nitrogens with zero attached hydrogens (tertiary/aromatic N) is 4. The van der Waals surface area contributed by atoms with Gasteiger partial charge in [0.25, 0.3) is 11.5 Å². The van der Waals surface area contributed by atoms with Crippen molar-refractivity contribution in [2.24, 2.45) is 0 Å². The molecule has 1 aromatic carbocycles. The van der Waals surface area contributed by atoms with Gasteiger partial charge < -0.3 is 14.8 Å². The quantitative estimate of drug-likeness (QED) is 0.669. The molecule has 3 aromatic rings. The van der Waals surface area contributed by atoms with Gasteiger partial charge in [-0.15, -0.1) is 0 Å². The van der Waals surface area contributed by atoms with Crippen molar-refractivity contribution < 1.29 is 18.7 Å². The van der Waals surface area contributed by atoms with Crippen LogP contribution in [0.15, 0.2) is 41.6 Å². The van der Waals surface area contributed by atoms with Gasteiger partial charge in [0.05, 0.1) is 29.1 Å². The summed E-state index contributed by atoms with van der Waals surface area (Å²) in [7, 11) is 0. The predicted octanol–water partition coefficient (Wildman–Crippen LogP) is 2.14. The molecule has 0 saturated carbocycles. The van der Waals surface area contributed by atoms with Crippen LogP contribution in [0, 0.1) is 5.82 Å². The molecule has 4 heterocycles. The van der Waals surface area contributed by atoms with Crippen molar-refractivity contribution in [1.82, 2.24) is 24.8 Å². The Morgan fingerprint density at radius 1 is 1.28 bits per heavy atom. The summed E-state index contributed by atoms with van der Waals surface area (Å²) in [5.41, 5.74) is 0.267. The highest BCUT2D eigenvalue weighted by Crippen LogP contribution is 2.33. The lowest BCUT2D eigenvalue weighted by molar-refractivity contribution is -0.0171. The van der Waals surface area contributed by atoms with Gasteiger partial charge in [-0.1, -0.05) is 0 Å². The normalized spacial score (nSPS) is 19.4. The Morgan fingerprint density at radius 2 is 2.16 bits per heavy atom. The number of hydrogen-bond donors (Lipinski definition) is 1. The molecule has 1 atom stereocenters. The number of rotatable bonds is 3. The fourth-order valence-corrected chi connectivity index (χ4v) is 4.20. The fraction of sp³-hybridized carbons (Fsp3) is 0.318. The highest BCUT2D eigenvalue weighted by Gasteiger charge is 2.37. The maximum atomic E-state index is 14.2. The Labute approximate surface area is 182 Å². The number of carbonyl (C=O) groups is 1. The van der Waals surface area contributed by atoms with Crippen molar-refractivity contribution in [1.29, 1.82) is 0 Å². The third-order valence-corrected chi connectivity index (χ3v) is 5.71. The third kappa shape index (κ3) is 3.52. The Balaban J connectivity index is 1.55. The van der Waals surface area contributed by atoms with Gasteiger partial charge in [-0.05, 0) is 38.0 Å². The number of aromatic nitrogens is 4. The summed E-state index contributed by atoms with van der Waals surface area (Å²) in [5.74, 6) is -0.347. The lowest BCUT2D eigenvalue weighted by Gasteiger charge is -2.36. The van der Waals surface area contributed by atoms with E-state index in [1.54, 1.807) is 16.8 Å². The van der Waals surface area contributed by atoms with E-state index >= 15 is 0 Å². The van der Waals surface area contributed by atoms with Gasteiger partial charge in [-0.2, -0.15) is 0 Å². The summed E-state index contributed by atoms with van der Waals surface area (Å²) < 4.78 is 26.4. The molecule has 1 unspecified atom stereocenters. The number of carbonyl (C=O) groups excluding carboxylic acids is 1. The van der Waals surface area contributed by atoms with Crippen molar-refractivity contribution in [2.75, 3.05) is 6.79 Å². The van der Waals surface area contributed by atoms with Gasteiger partial charge in [0, 0.05) is 24.4 Å². The smallest absolute Gasteiger partial charge is 0.255 e. The largest absolute Gasteiger partial charge is 0.466 e. The summed E-state index contributed by atoms with van der Waals surface area (Å²) in [4.78, 5) is 38.8. The molecule has 10 heteroatoms. The predicted molar refractivity (Wildman–Crippen MR) is 110 cm³/mol. The minimum absolute atomic E-state index is 0.0156. The van der Waals surface area contributed by atoms with E-state index < -0.39 is 17.3 Å². The minimum atomic E-state index is -0.956. The van der Waals surface area contributed by atoms with Crippen LogP contribution in [-0.2, 0) is 23.4 Å². The fourth-order valence-electron chi connectivity index (χ4n) is 4.20. The second-order valence-corrected chi connectivity index (χ2v) is 7.99. The topological polar surface area (TPSA) is 108 Å². The van der Waals surface area contributed by atoms with Crippen molar-refractivity contribution in [3.63, 3.8) is 0 Å². The van der Waals surface area contributed by atoms with Crippen molar-refractivity contribution >= 4 is 5.91 Å². The first-order chi connectivity index (χ1) is 15.4. The second-order valence-electron chi connectivity index (χ2n) is 7.99. The third-order valence-electron chi connectivity index (χ3n) is 5.71. The molecule has 164 valence electrons. The molecule has 0 bridgehead atoms. The standard InChI is InChI=1S/C22H20FN5O4/c1-22(27-20(30)15-8-14(23)7-13-10-31-12-32-19(13)15)4-2-6-28-18(29)9-17(26-21(22)28)16-3-5-24-11-25-16/h3,5,7-9,11H,2,4,6,10,12H2,1H3,(H,27,30). The van der Waals surface area contributed by atoms with Crippen LogP contribution in [0.1, 0.15) is 41.5 Å². The highest BCUT2D eigenvalue weighted by atomic mass is 19.1. The van der Waals surface area contributed by atoms with Crippen LogP contribution in [0.2, 0.25) is 0 Å². The second kappa shape index (κ2) is 7.79. The van der Waals surface area contributed by atoms with Crippen molar-refractivity contribution in [2.45, 2.75) is 38.5 Å². The minimum Gasteiger partial charge on any atom is -0.466 e. The summed E-state index contributed by atoms with van der Waals surface area (Å²) in [6, 6.07) is 5.52. The molecule has 0 saturated heterocycles. The van der Waals surface area contributed by atoms with Crippen LogP contribution in [0.25, 0.3) is 11.4 Å². The van der Waals surface area contributed by atoms with E-state index in [0.29, 0.717) is 47.9 Å². The molecule has 2 aromatic heterocycles. The Kier molecular flexibility index (Phi) is 4.93. The van der Waals surface area contributed by atoms with Gasteiger partial charge >= 0.3 is 0 Å². The first-order valence-corrected chi connectivity index (χ1v) is 10.2. The summed E-state index contributed by atoms with van der Waals surface area (Å²) in [5, 5.41) is 2.97. The van der Waals surface area contributed by atoms with Crippen LogP contribution in [0.3, 0.4) is 0 Å². The molecule has 5 rings (SSSR count). The first-order valence-electron chi connectivity index (χ1n) is 10.2. The number of ether oxygens (including phenoxy) is 2. The van der Waals surface area contributed by atoms with Gasteiger partial charge in [0.15, 0.2) is 6.79 Å². The lowest BCUT2D eigenvalue weighted by Crippen LogP contribution is -2.50. The van der Waals surface area contributed by atoms with E-state index in [4.69, 9.17) is 9.47 Å². The van der Waals surface area contributed by atoms with Gasteiger partial charge in [0.2, 0.25) is 0 Å². The van der Waals surface area contributed by atoms with Crippen molar-refractivity contribution in [3.8, 4) is 17.1 Å². The number of hydrogen-bond acceptors (Lipinski definition) is 7. The Bertz CT molecular complexity index is 1260. The molecular formula is C22H20FN5O4. The highest BCUT2D eigenvalue weighted by molar-refractivity contribution is 5.98. The lowest BCUT2D eigenvalue weighted by atomic mass is 9.90. The Hall–Kier alpha value is -3.66. The molecule has 2 aliphatic rings. The number of benzene rings is 1. The SMILES string of the molecule is CC1(NC(=O)c2cc(F)cc3c2OCOC3)CCCn2c1nc(-c1ccncn1)cc2=O. The van der Waals surface area contributed by atoms with E-state index in [-0.39, 0.29) is 24.5 Å². The Morgan fingerprint density at radius 3 is 2.97 bits per heavy atom. The van der Waals surface area contributed by atoms with Crippen LogP contribution in [-0.4, -0.2) is 32.2 Å². The average Bonchev–Trinajstić information content (AvgIpc) is 2.79. The molecule has 1 amide bonds. The van der Waals surface area contributed by atoms with E-state index in [2.05, 4.69) is 20.3 Å². The molecule has 0 fully saturated rings. The zero-order chi connectivity index (χ0) is 22.3. The zero-order valence-corrected chi connectivity index (χ0v) is 17.3. The molecule has 1 N–H and O–H groups in total. The molecule has 0 radical (unpaired) electrons. The van der Waals surface area contributed by atoms with E-state index in [0.717, 1.165) is 6.07 Å². The molecule has 32 heavy (non-hydrogen) atoms. The maximum absolute atomic E-state index is 14.2. The van der Waals surface area contributed by atoms with Gasteiger partial charge in [-0.3, -0.25) is 14.2 Å². The first kappa shape index (κ1) is 20.3.